The van der Waals surface area contributed by atoms with Crippen LogP contribution in [0.2, 0.25) is 0 Å². The van der Waals surface area contributed by atoms with Gasteiger partial charge in [-0.3, -0.25) is 9.59 Å². The molecule has 0 bridgehead atoms. The van der Waals surface area contributed by atoms with Crippen molar-refractivity contribution in [1.29, 1.82) is 0 Å². The lowest BCUT2D eigenvalue weighted by atomic mass is 9.82. The summed E-state index contributed by atoms with van der Waals surface area (Å²) in [5.74, 6) is -0.408. The molecule has 5 nitrogen and oxygen atoms in total. The molecule has 0 atom stereocenters. The molecule has 0 unspecified atom stereocenters. The van der Waals surface area contributed by atoms with Crippen LogP contribution in [0.25, 0.3) is 0 Å². The van der Waals surface area contributed by atoms with E-state index in [0.29, 0.717) is 18.9 Å². The number of halogens is 1. The summed E-state index contributed by atoms with van der Waals surface area (Å²) >= 11 is 0. The molecule has 0 saturated heterocycles. The molecule has 0 aromatic rings. The molecule has 1 aliphatic rings. The van der Waals surface area contributed by atoms with E-state index in [9.17, 15) is 9.59 Å². The van der Waals surface area contributed by atoms with E-state index in [2.05, 4.69) is 5.73 Å². The second kappa shape index (κ2) is 10.4. The summed E-state index contributed by atoms with van der Waals surface area (Å²) in [4.78, 5) is 20.1. The minimum Gasteiger partial charge on any atom is -0.481 e. The fourth-order valence-electron chi connectivity index (χ4n) is 1.65. The van der Waals surface area contributed by atoms with Crippen molar-refractivity contribution in [3.8, 4) is 0 Å². The maximum absolute atomic E-state index is 10.5. The van der Waals surface area contributed by atoms with Crippen LogP contribution >= 0.6 is 12.4 Å². The van der Waals surface area contributed by atoms with E-state index >= 15 is 0 Å². The molecule has 1 amide bonds. The number of primary amides is 1. The van der Waals surface area contributed by atoms with Gasteiger partial charge in [0.25, 0.3) is 0 Å². The Morgan fingerprint density at radius 2 is 1.65 bits per heavy atom. The minimum atomic E-state index is -0.638. The Kier molecular flexibility index (Phi) is 11.3. The Labute approximate surface area is 108 Å². The minimum absolute atomic E-state index is 0. The second-order valence-corrected chi connectivity index (χ2v) is 4.11. The van der Waals surface area contributed by atoms with Gasteiger partial charge in [-0.15, -0.1) is 12.4 Å². The highest BCUT2D eigenvalue weighted by atomic mass is 35.5. The maximum atomic E-state index is 10.5. The lowest BCUT2D eigenvalue weighted by Gasteiger charge is -2.24. The molecule has 0 aromatic heterocycles. The van der Waals surface area contributed by atoms with Crippen molar-refractivity contribution in [2.24, 2.45) is 23.3 Å². The van der Waals surface area contributed by atoms with Gasteiger partial charge in [0, 0.05) is 6.42 Å². The number of hydrogen-bond acceptors (Lipinski definition) is 3. The number of hydrogen-bond donors (Lipinski definition) is 3. The van der Waals surface area contributed by atoms with Crippen LogP contribution in [-0.2, 0) is 9.59 Å². The van der Waals surface area contributed by atoms with E-state index in [4.69, 9.17) is 10.8 Å². The fourth-order valence-corrected chi connectivity index (χ4v) is 1.65. The van der Waals surface area contributed by atoms with E-state index in [0.717, 1.165) is 25.7 Å². The predicted molar refractivity (Wildman–Crippen MR) is 68.9 cm³/mol. The molecule has 1 rings (SSSR count). The van der Waals surface area contributed by atoms with Crippen LogP contribution in [0.3, 0.4) is 0 Å². The SMILES string of the molecule is CCC(N)=O.Cl.NC[C@H]1CC[C@H](C(=O)O)CC1. The van der Waals surface area contributed by atoms with E-state index in [1.807, 2.05) is 0 Å². The molecule has 1 aliphatic carbocycles. The number of aliphatic carboxylic acids is 1. The van der Waals surface area contributed by atoms with Crippen LogP contribution in [0.1, 0.15) is 39.0 Å². The topological polar surface area (TPSA) is 106 Å². The zero-order chi connectivity index (χ0) is 12.6. The van der Waals surface area contributed by atoms with E-state index < -0.39 is 5.97 Å². The van der Waals surface area contributed by atoms with Gasteiger partial charge in [0.15, 0.2) is 0 Å². The molecule has 1 saturated carbocycles. The molecule has 0 heterocycles. The first-order chi connectivity index (χ1) is 7.51. The van der Waals surface area contributed by atoms with Crippen molar-refractivity contribution in [3.05, 3.63) is 0 Å². The quantitative estimate of drug-likeness (QED) is 0.712. The number of rotatable bonds is 3. The van der Waals surface area contributed by atoms with Crippen molar-refractivity contribution in [2.75, 3.05) is 6.54 Å². The molecule has 17 heavy (non-hydrogen) atoms. The summed E-state index contributed by atoms with van der Waals surface area (Å²) in [6.07, 6.45) is 4.06. The van der Waals surface area contributed by atoms with Crippen LogP contribution in [-0.4, -0.2) is 23.5 Å². The summed E-state index contributed by atoms with van der Waals surface area (Å²) in [6, 6.07) is 0. The van der Waals surface area contributed by atoms with E-state index in [-0.39, 0.29) is 24.2 Å². The van der Waals surface area contributed by atoms with Gasteiger partial charge < -0.3 is 16.6 Å². The Bertz CT molecular complexity index is 229. The average Bonchev–Trinajstić information content (AvgIpc) is 2.29. The van der Waals surface area contributed by atoms with Crippen molar-refractivity contribution in [3.63, 3.8) is 0 Å². The molecule has 0 spiro atoms. The third-order valence-corrected chi connectivity index (χ3v) is 2.88. The third kappa shape index (κ3) is 8.94. The number of carboxylic acids is 1. The Hall–Kier alpha value is -0.810. The molecule has 0 radical (unpaired) electrons. The van der Waals surface area contributed by atoms with Crippen LogP contribution in [0.4, 0.5) is 0 Å². The summed E-state index contributed by atoms with van der Waals surface area (Å²) in [5, 5.41) is 8.67. The molecule has 5 N–H and O–H groups in total. The standard InChI is InChI=1S/C8H15NO2.C3H7NO.ClH/c9-5-6-1-3-7(4-2-6)8(10)11;1-2-3(4)5;/h6-7H,1-5,9H2,(H,10,11);2H2,1H3,(H2,4,5);1H/t6-,7-;;. The van der Waals surface area contributed by atoms with Gasteiger partial charge >= 0.3 is 5.97 Å². The normalized spacial score (nSPS) is 22.7. The van der Waals surface area contributed by atoms with Crippen LogP contribution in [0, 0.1) is 11.8 Å². The van der Waals surface area contributed by atoms with Crippen LogP contribution in [0.15, 0.2) is 0 Å². The highest BCUT2D eigenvalue weighted by molar-refractivity contribution is 5.85. The number of carboxylic acid groups (broad SMARTS) is 1. The first kappa shape index (κ1) is 18.6. The Balaban J connectivity index is 0. The number of amides is 1. The summed E-state index contributed by atoms with van der Waals surface area (Å²) in [6.45, 7) is 2.44. The maximum Gasteiger partial charge on any atom is 0.306 e. The lowest BCUT2D eigenvalue weighted by Crippen LogP contribution is -2.25. The Morgan fingerprint density at radius 1 is 1.24 bits per heavy atom. The smallest absolute Gasteiger partial charge is 0.306 e. The van der Waals surface area contributed by atoms with Crippen LogP contribution in [0.5, 0.6) is 0 Å². The summed E-state index contributed by atoms with van der Waals surface area (Å²) in [5.41, 5.74) is 10.1. The molecular formula is C11H23ClN2O3. The van der Waals surface area contributed by atoms with Crippen LogP contribution < -0.4 is 11.5 Å². The molecule has 6 heteroatoms. The average molecular weight is 267 g/mol. The van der Waals surface area contributed by atoms with Crippen molar-refractivity contribution in [2.45, 2.75) is 39.0 Å². The zero-order valence-corrected chi connectivity index (χ0v) is 11.0. The summed E-state index contributed by atoms with van der Waals surface area (Å²) in [7, 11) is 0. The van der Waals surface area contributed by atoms with Gasteiger partial charge in [0.1, 0.15) is 0 Å². The molecule has 0 aromatic carbocycles. The van der Waals surface area contributed by atoms with Crippen molar-refractivity contribution >= 4 is 24.3 Å². The van der Waals surface area contributed by atoms with Gasteiger partial charge in [0.05, 0.1) is 5.92 Å². The number of carbonyl (C=O) groups excluding carboxylic acids is 1. The molecular weight excluding hydrogens is 244 g/mol. The molecule has 0 aliphatic heterocycles. The van der Waals surface area contributed by atoms with Crippen molar-refractivity contribution in [1.82, 2.24) is 0 Å². The monoisotopic (exact) mass is 266 g/mol. The van der Waals surface area contributed by atoms with Crippen molar-refractivity contribution < 1.29 is 14.7 Å². The van der Waals surface area contributed by atoms with Gasteiger partial charge in [-0.2, -0.15) is 0 Å². The van der Waals surface area contributed by atoms with Gasteiger partial charge in [-0.05, 0) is 38.1 Å². The van der Waals surface area contributed by atoms with Gasteiger partial charge in [-0.25, -0.2) is 0 Å². The van der Waals surface area contributed by atoms with E-state index in [1.165, 1.54) is 0 Å². The second-order valence-electron chi connectivity index (χ2n) is 4.11. The zero-order valence-electron chi connectivity index (χ0n) is 10.2. The third-order valence-electron chi connectivity index (χ3n) is 2.88. The Morgan fingerprint density at radius 3 is 1.88 bits per heavy atom. The number of carbonyl (C=O) groups is 2. The van der Waals surface area contributed by atoms with Gasteiger partial charge in [-0.1, -0.05) is 6.92 Å². The van der Waals surface area contributed by atoms with E-state index in [1.54, 1.807) is 6.92 Å². The predicted octanol–water partition coefficient (Wildman–Crippen LogP) is 1.14. The summed E-state index contributed by atoms with van der Waals surface area (Å²) < 4.78 is 0. The van der Waals surface area contributed by atoms with Gasteiger partial charge in [0.2, 0.25) is 5.91 Å². The number of nitrogens with two attached hydrogens (primary N) is 2. The first-order valence-corrected chi connectivity index (χ1v) is 5.72. The lowest BCUT2D eigenvalue weighted by molar-refractivity contribution is -0.143. The highest BCUT2D eigenvalue weighted by Gasteiger charge is 2.24. The largest absolute Gasteiger partial charge is 0.481 e. The molecule has 1 fully saturated rings. The first-order valence-electron chi connectivity index (χ1n) is 5.72. The fraction of sp³-hybridized carbons (Fsp3) is 0.818. The highest BCUT2D eigenvalue weighted by Crippen LogP contribution is 2.27. The molecule has 102 valence electrons.